The van der Waals surface area contributed by atoms with Gasteiger partial charge in [-0.15, -0.1) is 0 Å². The van der Waals surface area contributed by atoms with E-state index in [-0.39, 0.29) is 11.7 Å². The third kappa shape index (κ3) is 1.56. The van der Waals surface area contributed by atoms with Crippen molar-refractivity contribution in [1.29, 1.82) is 0 Å². The van der Waals surface area contributed by atoms with Crippen molar-refractivity contribution in [3.05, 3.63) is 41.1 Å². The molecule has 88 valence electrons. The van der Waals surface area contributed by atoms with E-state index in [1.165, 1.54) is 5.06 Å². The van der Waals surface area contributed by atoms with Crippen molar-refractivity contribution < 1.29 is 0 Å². The highest BCUT2D eigenvalue weighted by Gasteiger charge is 2.47. The van der Waals surface area contributed by atoms with Crippen LogP contribution in [-0.4, -0.2) is 16.1 Å². The quantitative estimate of drug-likeness (QED) is 0.789. The van der Waals surface area contributed by atoms with Gasteiger partial charge in [0.25, 0.3) is 0 Å². The summed E-state index contributed by atoms with van der Waals surface area (Å²) in [6, 6.07) is 9.86. The first-order valence-electron chi connectivity index (χ1n) is 5.65. The first-order valence-corrected chi connectivity index (χ1v) is 5.65. The SMILES string of the molecule is CC1(C)NC(c2ccccc2)N([O-])C1(C)C. The molecule has 1 aliphatic rings. The van der Waals surface area contributed by atoms with Crippen molar-refractivity contribution in [3.63, 3.8) is 0 Å². The van der Waals surface area contributed by atoms with E-state index >= 15 is 0 Å². The molecule has 0 bridgehead atoms. The Morgan fingerprint density at radius 3 is 2.12 bits per heavy atom. The number of benzene rings is 1. The molecule has 1 N–H and O–H groups in total. The molecule has 3 nitrogen and oxygen atoms in total. The highest BCUT2D eigenvalue weighted by molar-refractivity contribution is 5.24. The van der Waals surface area contributed by atoms with Gasteiger partial charge in [-0.25, -0.2) is 0 Å². The maximum Gasteiger partial charge on any atom is 0.0755 e. The number of hydrogen-bond donors (Lipinski definition) is 1. The molecule has 1 saturated heterocycles. The van der Waals surface area contributed by atoms with Gasteiger partial charge >= 0.3 is 0 Å². The van der Waals surface area contributed by atoms with Gasteiger partial charge in [0.2, 0.25) is 0 Å². The molecule has 0 aliphatic carbocycles. The van der Waals surface area contributed by atoms with Crippen molar-refractivity contribution in [2.24, 2.45) is 0 Å². The third-order valence-electron chi connectivity index (χ3n) is 3.93. The van der Waals surface area contributed by atoms with Crippen LogP contribution in [0.3, 0.4) is 0 Å². The lowest BCUT2D eigenvalue weighted by Crippen LogP contribution is -2.51. The largest absolute Gasteiger partial charge is 0.783 e. The van der Waals surface area contributed by atoms with Gasteiger partial charge in [-0.05, 0) is 33.3 Å². The first-order chi connectivity index (χ1) is 7.36. The molecule has 0 radical (unpaired) electrons. The Hall–Kier alpha value is -0.900. The standard InChI is InChI=1S/C13H19N2O/c1-12(2)13(3,4)15(16)11(14-12)10-8-6-5-7-9-10/h5-9,11,14H,1-4H3/q-1. The van der Waals surface area contributed by atoms with Gasteiger partial charge in [-0.2, -0.15) is 0 Å². The van der Waals surface area contributed by atoms with Crippen molar-refractivity contribution in [2.75, 3.05) is 0 Å². The molecule has 1 aliphatic heterocycles. The van der Waals surface area contributed by atoms with Crippen LogP contribution in [-0.2, 0) is 0 Å². The van der Waals surface area contributed by atoms with Crippen molar-refractivity contribution in [3.8, 4) is 0 Å². The van der Waals surface area contributed by atoms with Crippen molar-refractivity contribution in [1.82, 2.24) is 10.4 Å². The summed E-state index contributed by atoms with van der Waals surface area (Å²) >= 11 is 0. The molecule has 2 rings (SSSR count). The minimum atomic E-state index is -0.409. The minimum Gasteiger partial charge on any atom is -0.783 e. The van der Waals surface area contributed by atoms with Crippen LogP contribution in [0.2, 0.25) is 0 Å². The number of nitrogens with zero attached hydrogens (tertiary/aromatic N) is 1. The maximum absolute atomic E-state index is 12.3. The predicted molar refractivity (Wildman–Crippen MR) is 65.7 cm³/mol. The summed E-state index contributed by atoms with van der Waals surface area (Å²) < 4.78 is 0. The van der Waals surface area contributed by atoms with Gasteiger partial charge in [0.15, 0.2) is 0 Å². The maximum atomic E-state index is 12.3. The second-order valence-corrected chi connectivity index (χ2v) is 5.47. The Kier molecular flexibility index (Phi) is 2.57. The highest BCUT2D eigenvalue weighted by atomic mass is 16.5. The summed E-state index contributed by atoms with van der Waals surface area (Å²) in [6.07, 6.45) is -0.244. The minimum absolute atomic E-state index is 0.199. The highest BCUT2D eigenvalue weighted by Crippen LogP contribution is 2.41. The smallest absolute Gasteiger partial charge is 0.0755 e. The van der Waals surface area contributed by atoms with Gasteiger partial charge < -0.3 is 10.3 Å². The van der Waals surface area contributed by atoms with Crippen molar-refractivity contribution >= 4 is 0 Å². The van der Waals surface area contributed by atoms with Crippen LogP contribution in [0.5, 0.6) is 0 Å². The van der Waals surface area contributed by atoms with Gasteiger partial charge in [0, 0.05) is 11.1 Å². The van der Waals surface area contributed by atoms with E-state index in [1.54, 1.807) is 0 Å². The van der Waals surface area contributed by atoms with E-state index in [2.05, 4.69) is 19.2 Å². The third-order valence-corrected chi connectivity index (χ3v) is 3.93. The van der Waals surface area contributed by atoms with Crippen LogP contribution in [0.4, 0.5) is 0 Å². The monoisotopic (exact) mass is 219 g/mol. The Bertz CT molecular complexity index is 373. The average Bonchev–Trinajstić information content (AvgIpc) is 2.40. The van der Waals surface area contributed by atoms with Gasteiger partial charge in [0.1, 0.15) is 0 Å². The lowest BCUT2D eigenvalue weighted by Gasteiger charge is -2.45. The Morgan fingerprint density at radius 2 is 1.69 bits per heavy atom. The number of rotatable bonds is 1. The molecule has 0 amide bonds. The molecule has 0 spiro atoms. The van der Waals surface area contributed by atoms with E-state index in [1.807, 2.05) is 44.2 Å². The van der Waals surface area contributed by atoms with Crippen LogP contribution in [0.1, 0.15) is 39.4 Å². The lowest BCUT2D eigenvalue weighted by atomic mass is 9.84. The summed E-state index contributed by atoms with van der Waals surface area (Å²) in [5.41, 5.74) is 0.416. The van der Waals surface area contributed by atoms with Crippen LogP contribution in [0, 0.1) is 5.21 Å². The number of hydrogen-bond acceptors (Lipinski definition) is 3. The van der Waals surface area contributed by atoms with E-state index in [9.17, 15) is 5.21 Å². The molecular formula is C13H19N2O-. The Labute approximate surface area is 97.0 Å². The molecule has 1 heterocycles. The molecule has 1 aromatic carbocycles. The Balaban J connectivity index is 2.35. The molecule has 16 heavy (non-hydrogen) atoms. The zero-order valence-electron chi connectivity index (χ0n) is 10.3. The summed E-state index contributed by atoms with van der Waals surface area (Å²) in [7, 11) is 0. The number of nitrogens with one attached hydrogen (secondary N) is 1. The fourth-order valence-corrected chi connectivity index (χ4v) is 2.03. The molecule has 1 fully saturated rings. The van der Waals surface area contributed by atoms with Crippen LogP contribution in [0.25, 0.3) is 0 Å². The van der Waals surface area contributed by atoms with E-state index < -0.39 is 5.54 Å². The van der Waals surface area contributed by atoms with E-state index in [0.29, 0.717) is 0 Å². The van der Waals surface area contributed by atoms with Gasteiger partial charge in [-0.3, -0.25) is 5.32 Å². The fourth-order valence-electron chi connectivity index (χ4n) is 2.03. The second kappa shape index (κ2) is 3.55. The van der Waals surface area contributed by atoms with Crippen molar-refractivity contribution in [2.45, 2.75) is 44.9 Å². The second-order valence-electron chi connectivity index (χ2n) is 5.47. The molecule has 0 aromatic heterocycles. The van der Waals surface area contributed by atoms with Gasteiger partial charge in [-0.1, -0.05) is 30.3 Å². The zero-order valence-corrected chi connectivity index (χ0v) is 10.3. The lowest BCUT2D eigenvalue weighted by molar-refractivity contribution is 0.162. The van der Waals surface area contributed by atoms with Gasteiger partial charge in [0.05, 0.1) is 6.17 Å². The summed E-state index contributed by atoms with van der Waals surface area (Å²) in [5, 5.41) is 16.9. The van der Waals surface area contributed by atoms with E-state index in [4.69, 9.17) is 0 Å². The number of hydroxylamine groups is 2. The summed E-state index contributed by atoms with van der Waals surface area (Å²) in [6.45, 7) is 8.10. The molecule has 0 saturated carbocycles. The van der Waals surface area contributed by atoms with Crippen LogP contribution in [0.15, 0.2) is 30.3 Å². The molecule has 3 heteroatoms. The average molecular weight is 219 g/mol. The molecular weight excluding hydrogens is 200 g/mol. The summed E-state index contributed by atoms with van der Waals surface area (Å²) in [4.78, 5) is 0. The predicted octanol–water partition coefficient (Wildman–Crippen LogP) is 2.65. The first kappa shape index (κ1) is 11.6. The Morgan fingerprint density at radius 1 is 1.12 bits per heavy atom. The normalized spacial score (nSPS) is 28.2. The molecule has 1 atom stereocenters. The van der Waals surface area contributed by atoms with Crippen LogP contribution >= 0.6 is 0 Å². The molecule has 1 unspecified atom stereocenters. The fraction of sp³-hybridized carbons (Fsp3) is 0.538. The molecule has 1 aromatic rings. The zero-order chi connectivity index (χ0) is 12.0. The summed E-state index contributed by atoms with van der Waals surface area (Å²) in [5.74, 6) is 0. The van der Waals surface area contributed by atoms with Crippen LogP contribution < -0.4 is 5.32 Å². The topological polar surface area (TPSA) is 38.3 Å². The van der Waals surface area contributed by atoms with E-state index in [0.717, 1.165) is 5.56 Å².